The Morgan fingerprint density at radius 3 is 2.83 bits per heavy atom. The highest BCUT2D eigenvalue weighted by Crippen LogP contribution is 2.37. The van der Waals surface area contributed by atoms with Crippen LogP contribution in [-0.4, -0.2) is 43.5 Å². The Morgan fingerprint density at radius 2 is 2.22 bits per heavy atom. The van der Waals surface area contributed by atoms with E-state index in [0.29, 0.717) is 0 Å². The van der Waals surface area contributed by atoms with E-state index in [-0.39, 0.29) is 17.2 Å². The van der Waals surface area contributed by atoms with Crippen molar-refractivity contribution < 1.29 is 4.79 Å². The van der Waals surface area contributed by atoms with Crippen molar-refractivity contribution in [3.63, 3.8) is 0 Å². The number of piperazine rings is 1. The standard InChI is InChI=1S/C14H23N3O/c1-11-12(13(15)18)4-3-5-14(11,2)10-17-8-6-16-7-9-17/h3-5,11,16H,6-10H2,1-2H3,(H2,15,18). The summed E-state index contributed by atoms with van der Waals surface area (Å²) in [6.45, 7) is 9.54. The van der Waals surface area contributed by atoms with Gasteiger partial charge in [-0.05, 0) is 5.92 Å². The number of amides is 1. The molecule has 1 saturated heterocycles. The van der Waals surface area contributed by atoms with Crippen molar-refractivity contribution >= 4 is 5.91 Å². The van der Waals surface area contributed by atoms with Gasteiger partial charge in [0.05, 0.1) is 0 Å². The summed E-state index contributed by atoms with van der Waals surface area (Å²) in [7, 11) is 0. The van der Waals surface area contributed by atoms with Crippen molar-refractivity contribution in [2.45, 2.75) is 13.8 Å². The smallest absolute Gasteiger partial charge is 0.244 e. The zero-order chi connectivity index (χ0) is 13.2. The first-order chi connectivity index (χ1) is 8.53. The van der Waals surface area contributed by atoms with E-state index in [4.69, 9.17) is 5.73 Å². The molecule has 0 bridgehead atoms. The van der Waals surface area contributed by atoms with E-state index in [9.17, 15) is 4.79 Å². The molecule has 0 saturated carbocycles. The first-order valence-electron chi connectivity index (χ1n) is 6.65. The molecule has 1 aliphatic carbocycles. The lowest BCUT2D eigenvalue weighted by Crippen LogP contribution is -2.49. The maximum atomic E-state index is 11.4. The first-order valence-corrected chi connectivity index (χ1v) is 6.65. The molecule has 4 nitrogen and oxygen atoms in total. The van der Waals surface area contributed by atoms with Gasteiger partial charge in [-0.25, -0.2) is 0 Å². The van der Waals surface area contributed by atoms with Crippen molar-refractivity contribution in [3.8, 4) is 0 Å². The number of allylic oxidation sites excluding steroid dienone is 2. The SMILES string of the molecule is CC1C(C(N)=O)=CC=CC1(C)CN1CCNCC1. The summed E-state index contributed by atoms with van der Waals surface area (Å²) in [6, 6.07) is 0. The lowest BCUT2D eigenvalue weighted by Gasteiger charge is -2.41. The molecule has 0 radical (unpaired) electrons. The minimum absolute atomic E-state index is 0.00352. The summed E-state index contributed by atoms with van der Waals surface area (Å²) in [5, 5.41) is 3.36. The molecule has 0 spiro atoms. The number of rotatable bonds is 3. The van der Waals surface area contributed by atoms with Gasteiger partial charge in [0, 0.05) is 43.7 Å². The van der Waals surface area contributed by atoms with Crippen LogP contribution >= 0.6 is 0 Å². The second kappa shape index (κ2) is 5.24. The molecule has 3 N–H and O–H groups in total. The normalized spacial score (nSPS) is 33.2. The topological polar surface area (TPSA) is 58.4 Å². The average molecular weight is 249 g/mol. The molecule has 1 aliphatic heterocycles. The molecule has 0 aromatic carbocycles. The Balaban J connectivity index is 2.08. The largest absolute Gasteiger partial charge is 0.366 e. The van der Waals surface area contributed by atoms with Crippen molar-refractivity contribution in [2.75, 3.05) is 32.7 Å². The highest BCUT2D eigenvalue weighted by atomic mass is 16.1. The summed E-state index contributed by atoms with van der Waals surface area (Å²) in [5.41, 5.74) is 6.19. The number of hydrogen-bond acceptors (Lipinski definition) is 3. The number of hydrogen-bond donors (Lipinski definition) is 2. The number of nitrogens with one attached hydrogen (secondary N) is 1. The van der Waals surface area contributed by atoms with E-state index in [0.717, 1.165) is 38.3 Å². The van der Waals surface area contributed by atoms with E-state index >= 15 is 0 Å². The number of carbonyl (C=O) groups is 1. The zero-order valence-corrected chi connectivity index (χ0v) is 11.3. The molecule has 2 rings (SSSR count). The van der Waals surface area contributed by atoms with E-state index in [2.05, 4.69) is 30.1 Å². The molecular formula is C14H23N3O. The van der Waals surface area contributed by atoms with Gasteiger partial charge in [-0.1, -0.05) is 32.1 Å². The van der Waals surface area contributed by atoms with Crippen LogP contribution in [-0.2, 0) is 4.79 Å². The molecule has 4 heteroatoms. The molecule has 18 heavy (non-hydrogen) atoms. The molecule has 2 unspecified atom stereocenters. The Labute approximate surface area is 109 Å². The molecule has 2 aliphatic rings. The summed E-state index contributed by atoms with van der Waals surface area (Å²) >= 11 is 0. The number of primary amides is 1. The number of nitrogens with zero attached hydrogens (tertiary/aromatic N) is 1. The zero-order valence-electron chi connectivity index (χ0n) is 11.3. The van der Waals surface area contributed by atoms with Gasteiger partial charge in [0.25, 0.3) is 0 Å². The van der Waals surface area contributed by atoms with Crippen LogP contribution in [0.3, 0.4) is 0 Å². The van der Waals surface area contributed by atoms with Gasteiger partial charge >= 0.3 is 0 Å². The predicted octanol–water partition coefficient (Wildman–Crippen LogP) is 0.516. The minimum Gasteiger partial charge on any atom is -0.366 e. The van der Waals surface area contributed by atoms with Gasteiger partial charge in [-0.2, -0.15) is 0 Å². The van der Waals surface area contributed by atoms with E-state index in [1.54, 1.807) is 0 Å². The molecule has 100 valence electrons. The summed E-state index contributed by atoms with van der Waals surface area (Å²) in [4.78, 5) is 13.9. The van der Waals surface area contributed by atoms with E-state index in [1.165, 1.54) is 0 Å². The Bertz CT molecular complexity index is 383. The third kappa shape index (κ3) is 2.65. The quantitative estimate of drug-likeness (QED) is 0.766. The fourth-order valence-corrected chi connectivity index (χ4v) is 2.85. The maximum Gasteiger partial charge on any atom is 0.244 e. The molecule has 0 aromatic heterocycles. The third-order valence-corrected chi connectivity index (χ3v) is 4.27. The third-order valence-electron chi connectivity index (χ3n) is 4.27. The predicted molar refractivity (Wildman–Crippen MR) is 73.0 cm³/mol. The highest BCUT2D eigenvalue weighted by Gasteiger charge is 2.36. The number of carbonyl (C=O) groups excluding carboxylic acids is 1. The van der Waals surface area contributed by atoms with Gasteiger partial charge in [0.2, 0.25) is 5.91 Å². The van der Waals surface area contributed by atoms with Crippen LogP contribution in [0.25, 0.3) is 0 Å². The van der Waals surface area contributed by atoms with Gasteiger partial charge in [-0.15, -0.1) is 0 Å². The summed E-state index contributed by atoms with van der Waals surface area (Å²) < 4.78 is 0. The van der Waals surface area contributed by atoms with E-state index < -0.39 is 0 Å². The fraction of sp³-hybridized carbons (Fsp3) is 0.643. The van der Waals surface area contributed by atoms with Gasteiger partial charge in [0.15, 0.2) is 0 Å². The molecule has 1 fully saturated rings. The van der Waals surface area contributed by atoms with Crippen LogP contribution in [0.5, 0.6) is 0 Å². The van der Waals surface area contributed by atoms with Crippen LogP contribution in [0.4, 0.5) is 0 Å². The Hall–Kier alpha value is -1.13. The lowest BCUT2D eigenvalue weighted by atomic mass is 9.70. The molecule has 1 heterocycles. The maximum absolute atomic E-state index is 11.4. The molecule has 2 atom stereocenters. The first kappa shape index (κ1) is 13.3. The second-order valence-electron chi connectivity index (χ2n) is 5.60. The molecule has 1 amide bonds. The fourth-order valence-electron chi connectivity index (χ4n) is 2.85. The molecular weight excluding hydrogens is 226 g/mol. The van der Waals surface area contributed by atoms with Crippen LogP contribution < -0.4 is 11.1 Å². The van der Waals surface area contributed by atoms with Crippen LogP contribution in [0.15, 0.2) is 23.8 Å². The van der Waals surface area contributed by atoms with Gasteiger partial charge < -0.3 is 11.1 Å². The average Bonchev–Trinajstić information content (AvgIpc) is 2.34. The van der Waals surface area contributed by atoms with Crippen molar-refractivity contribution in [1.29, 1.82) is 0 Å². The second-order valence-corrected chi connectivity index (χ2v) is 5.60. The lowest BCUT2D eigenvalue weighted by molar-refractivity contribution is -0.115. The molecule has 0 aromatic rings. The van der Waals surface area contributed by atoms with Crippen molar-refractivity contribution in [1.82, 2.24) is 10.2 Å². The summed E-state index contributed by atoms with van der Waals surface area (Å²) in [6.07, 6.45) is 6.04. The van der Waals surface area contributed by atoms with Gasteiger partial charge in [0.1, 0.15) is 0 Å². The van der Waals surface area contributed by atoms with Gasteiger partial charge in [-0.3, -0.25) is 9.69 Å². The van der Waals surface area contributed by atoms with Crippen LogP contribution in [0.1, 0.15) is 13.8 Å². The van der Waals surface area contributed by atoms with Crippen molar-refractivity contribution in [3.05, 3.63) is 23.8 Å². The Morgan fingerprint density at radius 1 is 1.56 bits per heavy atom. The highest BCUT2D eigenvalue weighted by molar-refractivity contribution is 5.93. The van der Waals surface area contributed by atoms with E-state index in [1.807, 2.05) is 12.2 Å². The minimum atomic E-state index is -0.293. The van der Waals surface area contributed by atoms with Crippen LogP contribution in [0, 0.1) is 11.3 Å². The summed E-state index contributed by atoms with van der Waals surface area (Å²) in [5.74, 6) is -0.117. The number of nitrogens with two attached hydrogens (primary N) is 1. The Kier molecular flexibility index (Phi) is 3.88. The van der Waals surface area contributed by atoms with Crippen molar-refractivity contribution in [2.24, 2.45) is 17.1 Å². The van der Waals surface area contributed by atoms with Crippen LogP contribution in [0.2, 0.25) is 0 Å². The monoisotopic (exact) mass is 249 g/mol.